The number of carboxylic acid groups (broad SMARTS) is 1. The third-order valence-electron chi connectivity index (χ3n) is 5.73. The van der Waals surface area contributed by atoms with Crippen molar-refractivity contribution in [3.8, 4) is 0 Å². The Balaban J connectivity index is 1.58. The zero-order valence-electron chi connectivity index (χ0n) is 16.0. The molecule has 0 bridgehead atoms. The van der Waals surface area contributed by atoms with Crippen LogP contribution in [0.25, 0.3) is 5.57 Å². The van der Waals surface area contributed by atoms with Crippen LogP contribution in [0.4, 0.5) is 4.39 Å². The number of rotatable bonds is 6. The maximum atomic E-state index is 13.0. The Bertz CT molecular complexity index is 913. The summed E-state index contributed by atoms with van der Waals surface area (Å²) in [5.74, 6) is -2.28. The van der Waals surface area contributed by atoms with Crippen LogP contribution in [-0.2, 0) is 9.59 Å². The third-order valence-corrected chi connectivity index (χ3v) is 7.95. The molecule has 0 unspecified atom stereocenters. The lowest BCUT2D eigenvalue weighted by Crippen LogP contribution is -2.63. The van der Waals surface area contributed by atoms with Crippen LogP contribution in [0, 0.1) is 11.8 Å². The van der Waals surface area contributed by atoms with Gasteiger partial charge < -0.3 is 20.4 Å². The van der Waals surface area contributed by atoms with Gasteiger partial charge in [-0.25, -0.2) is 14.2 Å². The Morgan fingerprint density at radius 1 is 1.55 bits per heavy atom. The Labute approximate surface area is 175 Å². The van der Waals surface area contributed by atoms with Gasteiger partial charge in [0.25, 0.3) is 0 Å². The number of carbonyl (C=O) groups is 2. The number of thiazole rings is 1. The summed E-state index contributed by atoms with van der Waals surface area (Å²) >= 11 is 2.67. The number of nitrogens with one attached hydrogen (secondary N) is 1. The van der Waals surface area contributed by atoms with Gasteiger partial charge in [-0.3, -0.25) is 4.79 Å². The van der Waals surface area contributed by atoms with E-state index >= 15 is 0 Å². The largest absolute Gasteiger partial charge is 0.477 e. The minimum Gasteiger partial charge on any atom is -0.477 e. The molecular formula is C19H22FN3O4S2. The summed E-state index contributed by atoms with van der Waals surface area (Å²) in [6.45, 7) is 3.59. The number of amides is 1. The number of halogens is 1. The third kappa shape index (κ3) is 3.41. The summed E-state index contributed by atoms with van der Waals surface area (Å²) < 4.78 is 13.7. The van der Waals surface area contributed by atoms with Crippen molar-refractivity contribution in [3.63, 3.8) is 0 Å². The number of aliphatic carboxylic acids is 1. The maximum Gasteiger partial charge on any atom is 0.353 e. The van der Waals surface area contributed by atoms with Crippen LogP contribution < -0.4 is 5.32 Å². The van der Waals surface area contributed by atoms with E-state index in [2.05, 4.69) is 10.3 Å². The average molecular weight is 440 g/mol. The number of aromatic nitrogens is 1. The standard InChI is InChI=1S/C19H22FN3O4S2/c1-8-14-13(9(2)24)17(25)23(14)15(18(26)27)16(8)29-19-22-12(7-28-19)10-3-4-21-11(5-10)6-20/h3,7-9,11,13-14,21,24H,4-6H2,1-2H3,(H,26,27)/t8-,9-,11+,13-,14-/m1/s1. The summed E-state index contributed by atoms with van der Waals surface area (Å²) in [6, 6.07) is -0.552. The highest BCUT2D eigenvalue weighted by Crippen LogP contribution is 2.52. The second-order valence-electron chi connectivity index (χ2n) is 7.57. The van der Waals surface area contributed by atoms with Crippen LogP contribution in [0.2, 0.25) is 0 Å². The monoisotopic (exact) mass is 439 g/mol. The van der Waals surface area contributed by atoms with Crippen LogP contribution >= 0.6 is 23.1 Å². The predicted octanol–water partition coefficient (Wildman–Crippen LogP) is 2.10. The van der Waals surface area contributed by atoms with Gasteiger partial charge >= 0.3 is 5.97 Å². The molecule has 7 nitrogen and oxygen atoms in total. The lowest BCUT2D eigenvalue weighted by Gasteiger charge is -2.46. The van der Waals surface area contributed by atoms with Gasteiger partial charge in [0.15, 0.2) is 4.34 Å². The number of carboxylic acids is 1. The van der Waals surface area contributed by atoms with E-state index < -0.39 is 24.7 Å². The van der Waals surface area contributed by atoms with E-state index in [9.17, 15) is 24.2 Å². The highest BCUT2D eigenvalue weighted by Gasteiger charge is 2.60. The topological polar surface area (TPSA) is 103 Å². The van der Waals surface area contributed by atoms with Crippen LogP contribution in [0.3, 0.4) is 0 Å². The van der Waals surface area contributed by atoms with Gasteiger partial charge in [0, 0.05) is 28.8 Å². The van der Waals surface area contributed by atoms with Gasteiger partial charge in [0.05, 0.1) is 23.8 Å². The molecule has 0 spiro atoms. The second-order valence-corrected chi connectivity index (χ2v) is 9.71. The van der Waals surface area contributed by atoms with E-state index in [4.69, 9.17) is 0 Å². The molecule has 3 aliphatic rings. The van der Waals surface area contributed by atoms with Crippen molar-refractivity contribution in [1.29, 1.82) is 0 Å². The van der Waals surface area contributed by atoms with E-state index in [1.54, 1.807) is 6.92 Å². The van der Waals surface area contributed by atoms with E-state index in [-0.39, 0.29) is 29.6 Å². The molecule has 0 radical (unpaired) electrons. The van der Waals surface area contributed by atoms with Gasteiger partial charge in [0.1, 0.15) is 12.4 Å². The van der Waals surface area contributed by atoms with E-state index in [1.165, 1.54) is 28.0 Å². The molecule has 1 aromatic rings. The van der Waals surface area contributed by atoms with Gasteiger partial charge in [-0.15, -0.1) is 11.3 Å². The molecule has 5 atom stereocenters. The SMILES string of the molecule is C[C@@H](O)[C@H]1C(=O)N2C(C(=O)O)=C(Sc3nc(C4=CCN[C@H](CF)C4)cs3)[C@H](C)[C@H]12. The van der Waals surface area contributed by atoms with Gasteiger partial charge in [-0.05, 0) is 18.9 Å². The molecule has 0 aliphatic carbocycles. The van der Waals surface area contributed by atoms with E-state index in [0.29, 0.717) is 22.2 Å². The lowest BCUT2D eigenvalue weighted by atomic mass is 9.79. The number of nitrogens with zero attached hydrogens (tertiary/aromatic N) is 2. The summed E-state index contributed by atoms with van der Waals surface area (Å²) in [5, 5.41) is 24.6. The van der Waals surface area contributed by atoms with Crippen molar-refractivity contribution >= 4 is 40.5 Å². The van der Waals surface area contributed by atoms with Crippen LogP contribution in [0.15, 0.2) is 26.4 Å². The number of carbonyl (C=O) groups excluding carboxylic acids is 1. The number of β-lactam (4-membered cyclic amide) rings is 1. The first-order chi connectivity index (χ1) is 13.8. The normalized spacial score (nSPS) is 30.1. The van der Waals surface area contributed by atoms with Crippen molar-refractivity contribution in [1.82, 2.24) is 15.2 Å². The molecule has 4 rings (SSSR count). The van der Waals surface area contributed by atoms with Crippen molar-refractivity contribution in [2.45, 2.75) is 42.8 Å². The van der Waals surface area contributed by atoms with Crippen molar-refractivity contribution in [2.24, 2.45) is 11.8 Å². The summed E-state index contributed by atoms with van der Waals surface area (Å²) in [5.41, 5.74) is 1.75. The van der Waals surface area contributed by atoms with Gasteiger partial charge in [-0.1, -0.05) is 24.8 Å². The molecule has 0 saturated carbocycles. The Morgan fingerprint density at radius 3 is 2.97 bits per heavy atom. The molecule has 0 aromatic carbocycles. The average Bonchev–Trinajstić information content (AvgIpc) is 3.24. The molecule has 4 heterocycles. The number of hydrogen-bond donors (Lipinski definition) is 3. The first-order valence-electron chi connectivity index (χ1n) is 9.44. The maximum absolute atomic E-state index is 13.0. The second kappa shape index (κ2) is 7.82. The number of alkyl halides is 1. The van der Waals surface area contributed by atoms with E-state index in [1.807, 2.05) is 18.4 Å². The molecule has 1 saturated heterocycles. The molecular weight excluding hydrogens is 417 g/mol. The minimum atomic E-state index is -1.15. The zero-order chi connectivity index (χ0) is 20.9. The van der Waals surface area contributed by atoms with E-state index in [0.717, 1.165) is 11.3 Å². The Kier molecular flexibility index (Phi) is 5.54. The number of hydrogen-bond acceptors (Lipinski definition) is 7. The molecule has 3 N–H and O–H groups in total. The molecule has 1 fully saturated rings. The Hall–Kier alpha value is -1.75. The van der Waals surface area contributed by atoms with Crippen molar-refractivity contribution in [3.05, 3.63) is 27.8 Å². The fourth-order valence-corrected chi connectivity index (χ4v) is 6.40. The number of aliphatic hydroxyl groups is 1. The van der Waals surface area contributed by atoms with Crippen molar-refractivity contribution < 1.29 is 24.2 Å². The zero-order valence-corrected chi connectivity index (χ0v) is 17.6. The van der Waals surface area contributed by atoms with Crippen molar-refractivity contribution in [2.75, 3.05) is 13.2 Å². The molecule has 10 heteroatoms. The molecule has 3 aliphatic heterocycles. The van der Waals surface area contributed by atoms with Crippen LogP contribution in [-0.4, -0.2) is 63.4 Å². The first-order valence-corrected chi connectivity index (χ1v) is 11.1. The van der Waals surface area contributed by atoms with Crippen LogP contribution in [0.5, 0.6) is 0 Å². The molecule has 29 heavy (non-hydrogen) atoms. The van der Waals surface area contributed by atoms with Crippen LogP contribution in [0.1, 0.15) is 26.0 Å². The minimum absolute atomic E-state index is 0.00951. The number of thioether (sulfide) groups is 1. The summed E-state index contributed by atoms with van der Waals surface area (Å²) in [7, 11) is 0. The van der Waals surface area contributed by atoms with Gasteiger partial charge in [0.2, 0.25) is 5.91 Å². The molecule has 1 amide bonds. The predicted molar refractivity (Wildman–Crippen MR) is 108 cm³/mol. The highest BCUT2D eigenvalue weighted by atomic mass is 32.2. The smallest absolute Gasteiger partial charge is 0.353 e. The fourth-order valence-electron chi connectivity index (χ4n) is 4.29. The van der Waals surface area contributed by atoms with Gasteiger partial charge in [-0.2, -0.15) is 0 Å². The number of aliphatic hydroxyl groups excluding tert-OH is 1. The fraction of sp³-hybridized carbons (Fsp3) is 0.526. The quantitative estimate of drug-likeness (QED) is 0.584. The first kappa shape index (κ1) is 20.5. The molecule has 1 aromatic heterocycles. The number of fused-ring (bicyclic) bond motifs is 1. The summed E-state index contributed by atoms with van der Waals surface area (Å²) in [6.07, 6.45) is 1.73. The molecule has 156 valence electrons. The Morgan fingerprint density at radius 2 is 2.31 bits per heavy atom. The lowest BCUT2D eigenvalue weighted by molar-refractivity contribution is -0.163. The summed E-state index contributed by atoms with van der Waals surface area (Å²) in [4.78, 5) is 30.8. The highest BCUT2D eigenvalue weighted by molar-refractivity contribution is 8.04.